The van der Waals surface area contributed by atoms with E-state index in [1.807, 2.05) is 48.5 Å². The van der Waals surface area contributed by atoms with Gasteiger partial charge in [0.25, 0.3) is 0 Å². The molecule has 0 fully saturated rings. The zero-order chi connectivity index (χ0) is 17.9. The largest absolute Gasteiger partial charge is 0.467 e. The van der Waals surface area contributed by atoms with Crippen LogP contribution in [0.1, 0.15) is 27.7 Å². The highest BCUT2D eigenvalue weighted by molar-refractivity contribution is 6.16. The predicted octanol–water partition coefficient (Wildman–Crippen LogP) is 3.93. The molecule has 0 aliphatic carbocycles. The summed E-state index contributed by atoms with van der Waals surface area (Å²) in [7, 11) is 0. The van der Waals surface area contributed by atoms with E-state index in [0.717, 1.165) is 5.56 Å². The summed E-state index contributed by atoms with van der Waals surface area (Å²) in [6, 6.07) is 20.8. The first kappa shape index (κ1) is 15.9. The van der Waals surface area contributed by atoms with Gasteiger partial charge in [0.05, 0.1) is 17.5 Å². The van der Waals surface area contributed by atoms with Crippen LogP contribution in [0, 0.1) is 0 Å². The van der Waals surface area contributed by atoms with Gasteiger partial charge in [0.1, 0.15) is 11.8 Å². The van der Waals surface area contributed by atoms with E-state index in [4.69, 9.17) is 4.42 Å². The van der Waals surface area contributed by atoms with Crippen molar-refractivity contribution in [2.24, 2.45) is 0 Å². The van der Waals surface area contributed by atoms with Gasteiger partial charge in [0, 0.05) is 5.56 Å². The summed E-state index contributed by atoms with van der Waals surface area (Å²) in [5.41, 5.74) is 2.24. The zero-order valence-electron chi connectivity index (χ0n) is 13.8. The van der Waals surface area contributed by atoms with Crippen LogP contribution in [0.25, 0.3) is 5.70 Å². The van der Waals surface area contributed by atoms with Crippen LogP contribution < -0.4 is 10.6 Å². The fourth-order valence-corrected chi connectivity index (χ4v) is 3.06. The highest BCUT2D eigenvalue weighted by atomic mass is 16.3. The van der Waals surface area contributed by atoms with Crippen molar-refractivity contribution < 1.29 is 14.0 Å². The Kier molecular flexibility index (Phi) is 4.11. The molecule has 1 aliphatic rings. The zero-order valence-corrected chi connectivity index (χ0v) is 13.8. The normalized spacial score (nSPS) is 16.8. The van der Waals surface area contributed by atoms with Crippen LogP contribution in [0.3, 0.4) is 0 Å². The molecule has 0 unspecified atom stereocenters. The number of benzene rings is 2. The molecular weight excluding hydrogens is 328 g/mol. The van der Waals surface area contributed by atoms with Gasteiger partial charge in [0.2, 0.25) is 0 Å². The van der Waals surface area contributed by atoms with E-state index >= 15 is 0 Å². The molecule has 2 heterocycles. The van der Waals surface area contributed by atoms with Gasteiger partial charge in [-0.1, -0.05) is 60.7 Å². The number of ketones is 1. The lowest BCUT2D eigenvalue weighted by Crippen LogP contribution is -2.45. The molecule has 5 nitrogen and oxygen atoms in total. The number of furan rings is 1. The Morgan fingerprint density at radius 2 is 1.58 bits per heavy atom. The number of Topliss-reactive ketones (excluding diaryl/α,β-unsaturated/α-hetero) is 1. The van der Waals surface area contributed by atoms with Crippen molar-refractivity contribution in [1.82, 2.24) is 10.6 Å². The Morgan fingerprint density at radius 1 is 0.885 bits per heavy atom. The molecule has 0 spiro atoms. The third kappa shape index (κ3) is 2.91. The SMILES string of the molecule is O=C1NC(c2ccccc2)=C(C(=O)c2ccccc2)[C@@H](c2ccco2)N1. The van der Waals surface area contributed by atoms with Crippen molar-refractivity contribution in [1.29, 1.82) is 0 Å². The number of urea groups is 1. The smallest absolute Gasteiger partial charge is 0.320 e. The van der Waals surface area contributed by atoms with Crippen LogP contribution >= 0.6 is 0 Å². The summed E-state index contributed by atoms with van der Waals surface area (Å²) in [4.78, 5) is 25.6. The minimum atomic E-state index is -0.665. The van der Waals surface area contributed by atoms with Crippen molar-refractivity contribution >= 4 is 17.5 Å². The molecule has 3 aromatic rings. The first-order chi connectivity index (χ1) is 12.7. The van der Waals surface area contributed by atoms with Crippen molar-refractivity contribution in [3.8, 4) is 0 Å². The molecule has 2 amide bonds. The van der Waals surface area contributed by atoms with Gasteiger partial charge in [-0.25, -0.2) is 4.79 Å². The fraction of sp³-hybridized carbons (Fsp3) is 0.0476. The minimum absolute atomic E-state index is 0.168. The van der Waals surface area contributed by atoms with Crippen LogP contribution in [-0.2, 0) is 0 Å². The average molecular weight is 344 g/mol. The summed E-state index contributed by atoms with van der Waals surface area (Å²) >= 11 is 0. The Labute approximate surface area is 150 Å². The van der Waals surface area contributed by atoms with Gasteiger partial charge in [-0.05, 0) is 17.7 Å². The summed E-state index contributed by atoms with van der Waals surface area (Å²) in [6.07, 6.45) is 1.52. The van der Waals surface area contributed by atoms with Crippen LogP contribution in [0.15, 0.2) is 89.0 Å². The minimum Gasteiger partial charge on any atom is -0.467 e. The van der Waals surface area contributed by atoms with E-state index in [9.17, 15) is 9.59 Å². The number of carbonyl (C=O) groups excluding carboxylic acids is 2. The van der Waals surface area contributed by atoms with E-state index in [-0.39, 0.29) is 11.8 Å². The highest BCUT2D eigenvalue weighted by Crippen LogP contribution is 2.33. The molecule has 1 aliphatic heterocycles. The summed E-state index contributed by atoms with van der Waals surface area (Å²) < 4.78 is 5.49. The van der Waals surface area contributed by atoms with Gasteiger partial charge >= 0.3 is 6.03 Å². The molecule has 2 N–H and O–H groups in total. The molecular formula is C21H16N2O3. The third-order valence-electron chi connectivity index (χ3n) is 4.24. The average Bonchev–Trinajstić information content (AvgIpc) is 3.23. The van der Waals surface area contributed by atoms with Gasteiger partial charge in [-0.15, -0.1) is 0 Å². The lowest BCUT2D eigenvalue weighted by molar-refractivity contribution is 0.102. The Bertz CT molecular complexity index is 961. The molecule has 4 rings (SSSR count). The molecule has 26 heavy (non-hydrogen) atoms. The van der Waals surface area contributed by atoms with E-state index in [1.165, 1.54) is 6.26 Å². The molecule has 1 aromatic heterocycles. The van der Waals surface area contributed by atoms with E-state index < -0.39 is 6.04 Å². The summed E-state index contributed by atoms with van der Waals surface area (Å²) in [5, 5.41) is 5.59. The second-order valence-corrected chi connectivity index (χ2v) is 5.90. The molecule has 0 saturated heterocycles. The maximum atomic E-state index is 13.3. The second-order valence-electron chi connectivity index (χ2n) is 5.90. The van der Waals surface area contributed by atoms with E-state index in [0.29, 0.717) is 22.6 Å². The number of hydrogen-bond acceptors (Lipinski definition) is 3. The molecule has 1 atom stereocenters. The summed E-state index contributed by atoms with van der Waals surface area (Å²) in [6.45, 7) is 0. The maximum absolute atomic E-state index is 13.3. The van der Waals surface area contributed by atoms with Gasteiger partial charge in [0.15, 0.2) is 5.78 Å². The van der Waals surface area contributed by atoms with Crippen LogP contribution in [0.2, 0.25) is 0 Å². The molecule has 5 heteroatoms. The topological polar surface area (TPSA) is 71.3 Å². The Balaban J connectivity index is 1.92. The lowest BCUT2D eigenvalue weighted by Gasteiger charge is -2.28. The van der Waals surface area contributed by atoms with Crippen molar-refractivity contribution in [2.45, 2.75) is 6.04 Å². The first-order valence-electron chi connectivity index (χ1n) is 8.24. The van der Waals surface area contributed by atoms with Crippen molar-refractivity contribution in [3.63, 3.8) is 0 Å². The van der Waals surface area contributed by atoms with Crippen LogP contribution in [-0.4, -0.2) is 11.8 Å². The van der Waals surface area contributed by atoms with Gasteiger partial charge < -0.3 is 15.1 Å². The number of nitrogens with one attached hydrogen (secondary N) is 2. The number of hydrogen-bond donors (Lipinski definition) is 2. The van der Waals surface area contributed by atoms with E-state index in [1.54, 1.807) is 24.3 Å². The molecule has 0 radical (unpaired) electrons. The lowest BCUT2D eigenvalue weighted by atomic mass is 9.90. The van der Waals surface area contributed by atoms with Crippen molar-refractivity contribution in [2.75, 3.05) is 0 Å². The highest BCUT2D eigenvalue weighted by Gasteiger charge is 2.35. The quantitative estimate of drug-likeness (QED) is 0.705. The van der Waals surface area contributed by atoms with Gasteiger partial charge in [-0.2, -0.15) is 0 Å². The van der Waals surface area contributed by atoms with Gasteiger partial charge in [-0.3, -0.25) is 4.79 Å². The number of carbonyl (C=O) groups is 2. The molecule has 128 valence electrons. The maximum Gasteiger partial charge on any atom is 0.320 e. The van der Waals surface area contributed by atoms with Crippen LogP contribution in [0.5, 0.6) is 0 Å². The molecule has 2 aromatic carbocycles. The Morgan fingerprint density at radius 3 is 2.23 bits per heavy atom. The number of rotatable bonds is 4. The fourth-order valence-electron chi connectivity index (χ4n) is 3.06. The number of amides is 2. The first-order valence-corrected chi connectivity index (χ1v) is 8.24. The monoisotopic (exact) mass is 344 g/mol. The second kappa shape index (κ2) is 6.72. The summed E-state index contributed by atoms with van der Waals surface area (Å²) in [5.74, 6) is 0.339. The van der Waals surface area contributed by atoms with Crippen LogP contribution in [0.4, 0.5) is 4.79 Å². The van der Waals surface area contributed by atoms with E-state index in [2.05, 4.69) is 10.6 Å². The standard InChI is InChI=1S/C21H16N2O3/c24-20(15-10-5-2-6-11-15)17-18(14-8-3-1-4-9-14)22-21(25)23-19(17)16-12-7-13-26-16/h1-13,19H,(H2,22,23,25)/t19-/m1/s1. The molecule has 0 saturated carbocycles. The molecule has 0 bridgehead atoms. The predicted molar refractivity (Wildman–Crippen MR) is 97.3 cm³/mol. The van der Waals surface area contributed by atoms with Crippen molar-refractivity contribution in [3.05, 3.63) is 102 Å². The third-order valence-corrected chi connectivity index (χ3v) is 4.24. The Hall–Kier alpha value is -3.60.